The lowest BCUT2D eigenvalue weighted by Gasteiger charge is -2.24. The van der Waals surface area contributed by atoms with Crippen molar-refractivity contribution in [2.24, 2.45) is 0 Å². The standard InChI is InChI=1S/C22H19BrN2OS/c23-16-3-6-20-19(11-16)18-7-9-26-22(21(18)25-20)15-1-4-17(5-2-15)24-12-14-8-10-27-13-14/h1-6,8,10-11,13,22,24-25H,7,9,12H2. The van der Waals surface area contributed by atoms with Crippen LogP contribution < -0.4 is 5.32 Å². The van der Waals surface area contributed by atoms with Gasteiger partial charge in [0.05, 0.1) is 12.3 Å². The number of rotatable bonds is 4. The topological polar surface area (TPSA) is 37.0 Å². The van der Waals surface area contributed by atoms with Crippen molar-refractivity contribution in [1.29, 1.82) is 0 Å². The average molecular weight is 439 g/mol. The summed E-state index contributed by atoms with van der Waals surface area (Å²) in [5.74, 6) is 0. The van der Waals surface area contributed by atoms with Gasteiger partial charge >= 0.3 is 0 Å². The van der Waals surface area contributed by atoms with Crippen molar-refractivity contribution in [3.05, 3.63) is 86.1 Å². The lowest BCUT2D eigenvalue weighted by molar-refractivity contribution is 0.0677. The van der Waals surface area contributed by atoms with Gasteiger partial charge in [-0.1, -0.05) is 28.1 Å². The van der Waals surface area contributed by atoms with Crippen LogP contribution in [0.3, 0.4) is 0 Å². The minimum absolute atomic E-state index is 0.0363. The van der Waals surface area contributed by atoms with Gasteiger partial charge in [-0.3, -0.25) is 0 Å². The van der Waals surface area contributed by atoms with E-state index in [1.165, 1.54) is 33.3 Å². The molecule has 1 aliphatic heterocycles. The van der Waals surface area contributed by atoms with E-state index in [-0.39, 0.29) is 6.10 Å². The molecule has 27 heavy (non-hydrogen) atoms. The van der Waals surface area contributed by atoms with E-state index in [2.05, 4.69) is 85.5 Å². The van der Waals surface area contributed by atoms with E-state index < -0.39 is 0 Å². The van der Waals surface area contributed by atoms with Gasteiger partial charge in [-0.25, -0.2) is 0 Å². The molecule has 1 aliphatic rings. The van der Waals surface area contributed by atoms with Gasteiger partial charge in [-0.2, -0.15) is 11.3 Å². The van der Waals surface area contributed by atoms with Crippen LogP contribution in [-0.2, 0) is 17.7 Å². The van der Waals surface area contributed by atoms with Crippen molar-refractivity contribution in [2.45, 2.75) is 19.1 Å². The first-order valence-corrected chi connectivity index (χ1v) is 10.8. The van der Waals surface area contributed by atoms with Crippen molar-refractivity contribution >= 4 is 43.9 Å². The number of halogens is 1. The molecule has 3 heterocycles. The number of benzene rings is 2. The van der Waals surface area contributed by atoms with E-state index in [1.54, 1.807) is 11.3 Å². The summed E-state index contributed by atoms with van der Waals surface area (Å²) in [5.41, 5.74) is 7.36. The maximum Gasteiger partial charge on any atom is 0.123 e. The molecular formula is C22H19BrN2OS. The highest BCUT2D eigenvalue weighted by molar-refractivity contribution is 9.10. The number of aromatic amines is 1. The number of nitrogens with one attached hydrogen (secondary N) is 2. The summed E-state index contributed by atoms with van der Waals surface area (Å²) < 4.78 is 7.26. The molecule has 0 saturated heterocycles. The van der Waals surface area contributed by atoms with Crippen molar-refractivity contribution in [3.63, 3.8) is 0 Å². The van der Waals surface area contributed by atoms with Crippen molar-refractivity contribution in [2.75, 3.05) is 11.9 Å². The van der Waals surface area contributed by atoms with Crippen LogP contribution in [0.5, 0.6) is 0 Å². The molecule has 0 amide bonds. The third kappa shape index (κ3) is 3.31. The summed E-state index contributed by atoms with van der Waals surface area (Å²) in [7, 11) is 0. The highest BCUT2D eigenvalue weighted by Gasteiger charge is 2.26. The second-order valence-electron chi connectivity index (χ2n) is 6.82. The number of H-pyrrole nitrogens is 1. The minimum Gasteiger partial charge on any atom is -0.381 e. The van der Waals surface area contributed by atoms with Crippen LogP contribution in [-0.4, -0.2) is 11.6 Å². The van der Waals surface area contributed by atoms with Gasteiger partial charge in [0, 0.05) is 27.6 Å². The highest BCUT2D eigenvalue weighted by Crippen LogP contribution is 2.37. The molecule has 5 rings (SSSR count). The molecule has 2 aromatic heterocycles. The summed E-state index contributed by atoms with van der Waals surface area (Å²) >= 11 is 5.32. The number of aromatic nitrogens is 1. The predicted octanol–water partition coefficient (Wildman–Crippen LogP) is 6.27. The minimum atomic E-state index is -0.0363. The Kier molecular flexibility index (Phi) is 4.52. The molecule has 0 radical (unpaired) electrons. The first-order chi connectivity index (χ1) is 13.3. The molecule has 4 aromatic rings. The summed E-state index contributed by atoms with van der Waals surface area (Å²) in [5, 5.41) is 9.05. The van der Waals surface area contributed by atoms with E-state index >= 15 is 0 Å². The highest BCUT2D eigenvalue weighted by atomic mass is 79.9. The van der Waals surface area contributed by atoms with Crippen LogP contribution in [0.2, 0.25) is 0 Å². The molecule has 136 valence electrons. The smallest absolute Gasteiger partial charge is 0.123 e. The van der Waals surface area contributed by atoms with Crippen LogP contribution in [0, 0.1) is 0 Å². The number of hydrogen-bond donors (Lipinski definition) is 2. The van der Waals surface area contributed by atoms with Gasteiger partial charge in [-0.05, 0) is 70.3 Å². The zero-order chi connectivity index (χ0) is 18.2. The maximum atomic E-state index is 6.15. The average Bonchev–Trinajstić information content (AvgIpc) is 3.34. The number of thiophene rings is 1. The van der Waals surface area contributed by atoms with Gasteiger partial charge in [-0.15, -0.1) is 0 Å². The van der Waals surface area contributed by atoms with Gasteiger partial charge in [0.25, 0.3) is 0 Å². The quantitative estimate of drug-likeness (QED) is 0.394. The van der Waals surface area contributed by atoms with E-state index in [4.69, 9.17) is 4.74 Å². The molecule has 0 saturated carbocycles. The molecule has 1 unspecified atom stereocenters. The molecule has 0 bridgehead atoms. The van der Waals surface area contributed by atoms with E-state index in [0.29, 0.717) is 0 Å². The fourth-order valence-electron chi connectivity index (χ4n) is 3.73. The maximum absolute atomic E-state index is 6.15. The Labute approximate surface area is 170 Å². The first-order valence-electron chi connectivity index (χ1n) is 9.04. The summed E-state index contributed by atoms with van der Waals surface area (Å²) in [6, 6.07) is 17.2. The SMILES string of the molecule is Brc1ccc2[nH]c3c(c2c1)CCOC3c1ccc(NCc2ccsc2)cc1. The largest absolute Gasteiger partial charge is 0.381 e. The Morgan fingerprint density at radius 3 is 2.85 bits per heavy atom. The monoisotopic (exact) mass is 438 g/mol. The lowest BCUT2D eigenvalue weighted by Crippen LogP contribution is -2.16. The molecule has 2 N–H and O–H groups in total. The van der Waals surface area contributed by atoms with Crippen molar-refractivity contribution in [1.82, 2.24) is 4.98 Å². The van der Waals surface area contributed by atoms with Gasteiger partial charge in [0.15, 0.2) is 0 Å². The van der Waals surface area contributed by atoms with Crippen LogP contribution in [0.4, 0.5) is 5.69 Å². The number of anilines is 1. The molecule has 0 aliphatic carbocycles. The van der Waals surface area contributed by atoms with Crippen molar-refractivity contribution < 1.29 is 4.74 Å². The number of ether oxygens (including phenoxy) is 1. The normalized spacial score (nSPS) is 16.4. The number of hydrogen-bond acceptors (Lipinski definition) is 3. The summed E-state index contributed by atoms with van der Waals surface area (Å²) in [6.07, 6.45) is 0.911. The summed E-state index contributed by atoms with van der Waals surface area (Å²) in [6.45, 7) is 1.60. The third-order valence-corrected chi connectivity index (χ3v) is 6.32. The van der Waals surface area contributed by atoms with E-state index in [1.807, 2.05) is 0 Å². The molecule has 3 nitrogen and oxygen atoms in total. The summed E-state index contributed by atoms with van der Waals surface area (Å²) in [4.78, 5) is 3.59. The van der Waals surface area contributed by atoms with Crippen molar-refractivity contribution in [3.8, 4) is 0 Å². The first kappa shape index (κ1) is 17.0. The Morgan fingerprint density at radius 2 is 2.04 bits per heavy atom. The van der Waals surface area contributed by atoms with Crippen LogP contribution in [0.1, 0.15) is 28.5 Å². The van der Waals surface area contributed by atoms with E-state index in [0.717, 1.165) is 29.7 Å². The molecule has 0 fully saturated rings. The fraction of sp³-hybridized carbons (Fsp3) is 0.182. The Balaban J connectivity index is 1.41. The Hall–Kier alpha value is -2.08. The second kappa shape index (κ2) is 7.15. The van der Waals surface area contributed by atoms with Gasteiger partial charge in [0.2, 0.25) is 0 Å². The number of fused-ring (bicyclic) bond motifs is 3. The lowest BCUT2D eigenvalue weighted by atomic mass is 9.97. The van der Waals surface area contributed by atoms with Gasteiger partial charge < -0.3 is 15.0 Å². The van der Waals surface area contributed by atoms with Crippen LogP contribution in [0.15, 0.2) is 63.8 Å². The molecule has 1 atom stereocenters. The predicted molar refractivity (Wildman–Crippen MR) is 116 cm³/mol. The molecule has 5 heteroatoms. The fourth-order valence-corrected chi connectivity index (χ4v) is 4.76. The second-order valence-corrected chi connectivity index (χ2v) is 8.51. The zero-order valence-electron chi connectivity index (χ0n) is 14.7. The van der Waals surface area contributed by atoms with Gasteiger partial charge in [0.1, 0.15) is 6.10 Å². The molecule has 0 spiro atoms. The van der Waals surface area contributed by atoms with E-state index in [9.17, 15) is 0 Å². The molecular weight excluding hydrogens is 420 g/mol. The molecule has 2 aromatic carbocycles. The third-order valence-electron chi connectivity index (χ3n) is 5.09. The zero-order valence-corrected chi connectivity index (χ0v) is 17.1. The Bertz CT molecular complexity index is 1070. The van der Waals surface area contributed by atoms with Crippen LogP contribution in [0.25, 0.3) is 10.9 Å². The van der Waals surface area contributed by atoms with Crippen LogP contribution >= 0.6 is 27.3 Å². The Morgan fingerprint density at radius 1 is 1.15 bits per heavy atom.